The van der Waals surface area contributed by atoms with Gasteiger partial charge < -0.3 is 25.0 Å². The molecule has 2 N–H and O–H groups in total. The summed E-state index contributed by atoms with van der Waals surface area (Å²) in [6, 6.07) is 12.5. The van der Waals surface area contributed by atoms with Gasteiger partial charge in [0.15, 0.2) is 11.5 Å². The minimum atomic E-state index is -0.283. The second-order valence-electron chi connectivity index (χ2n) is 5.72. The zero-order chi connectivity index (χ0) is 19.1. The number of ether oxygens (including phenoxy) is 2. The first-order valence-corrected chi connectivity index (χ1v) is 8.02. The number of anilines is 2. The smallest absolute Gasteiger partial charge is 0.255 e. The van der Waals surface area contributed by atoms with Crippen molar-refractivity contribution in [3.8, 4) is 11.5 Å². The van der Waals surface area contributed by atoms with Crippen LogP contribution >= 0.6 is 12.4 Å². The molecule has 7 nitrogen and oxygen atoms in total. The van der Waals surface area contributed by atoms with E-state index in [-0.39, 0.29) is 30.8 Å². The Bertz CT molecular complexity index is 782. The van der Waals surface area contributed by atoms with Crippen molar-refractivity contribution in [2.75, 3.05) is 45.5 Å². The molecule has 0 atom stereocenters. The first kappa shape index (κ1) is 22.1. The fourth-order valence-electron chi connectivity index (χ4n) is 2.33. The Labute approximate surface area is 165 Å². The van der Waals surface area contributed by atoms with E-state index in [4.69, 9.17) is 9.47 Å². The fourth-order valence-corrected chi connectivity index (χ4v) is 2.33. The van der Waals surface area contributed by atoms with Crippen LogP contribution in [0, 0.1) is 0 Å². The summed E-state index contributed by atoms with van der Waals surface area (Å²) in [6.45, 7) is 0.0634. The molecule has 0 radical (unpaired) electrons. The molecule has 146 valence electrons. The fraction of sp³-hybridized carbons (Fsp3) is 0.263. The summed E-state index contributed by atoms with van der Waals surface area (Å²) in [6.07, 6.45) is 0. The maximum Gasteiger partial charge on any atom is 0.255 e. The van der Waals surface area contributed by atoms with Crippen LogP contribution < -0.4 is 20.1 Å². The van der Waals surface area contributed by atoms with Crippen LogP contribution in [0.15, 0.2) is 42.5 Å². The summed E-state index contributed by atoms with van der Waals surface area (Å²) in [5, 5.41) is 5.78. The number of benzene rings is 2. The predicted molar refractivity (Wildman–Crippen MR) is 108 cm³/mol. The Kier molecular flexibility index (Phi) is 8.41. The van der Waals surface area contributed by atoms with Gasteiger partial charge in [0.1, 0.15) is 0 Å². The van der Waals surface area contributed by atoms with Gasteiger partial charge in [-0.25, -0.2) is 0 Å². The number of halogens is 1. The van der Waals surface area contributed by atoms with Gasteiger partial charge in [-0.1, -0.05) is 18.2 Å². The lowest BCUT2D eigenvalue weighted by Crippen LogP contribution is -2.26. The molecule has 0 spiro atoms. The number of nitrogens with one attached hydrogen (secondary N) is 2. The number of nitrogens with zero attached hydrogens (tertiary/aromatic N) is 1. The van der Waals surface area contributed by atoms with Gasteiger partial charge in [0.05, 0.1) is 32.0 Å². The zero-order valence-electron chi connectivity index (χ0n) is 15.7. The van der Waals surface area contributed by atoms with Gasteiger partial charge in [0.2, 0.25) is 5.91 Å². The number of amides is 2. The highest BCUT2D eigenvalue weighted by atomic mass is 35.5. The average molecular weight is 394 g/mol. The van der Waals surface area contributed by atoms with Crippen molar-refractivity contribution in [3.63, 3.8) is 0 Å². The molecule has 0 saturated carbocycles. The summed E-state index contributed by atoms with van der Waals surface area (Å²) >= 11 is 0. The van der Waals surface area contributed by atoms with Gasteiger partial charge in [-0.15, -0.1) is 12.4 Å². The minimum Gasteiger partial charge on any atom is -0.493 e. The Balaban J connectivity index is 0.00000364. The molecule has 0 aliphatic carbocycles. The molecule has 0 fully saturated rings. The number of hydrogen-bond donors (Lipinski definition) is 2. The van der Waals surface area contributed by atoms with E-state index in [1.54, 1.807) is 26.2 Å². The van der Waals surface area contributed by atoms with Crippen molar-refractivity contribution >= 4 is 35.6 Å². The SMILES string of the molecule is COc1cc(NC(=O)CNc2ccccc2)c(C(=O)N(C)C)cc1OC.Cl. The van der Waals surface area contributed by atoms with E-state index in [9.17, 15) is 9.59 Å². The van der Waals surface area contributed by atoms with E-state index in [0.29, 0.717) is 22.7 Å². The molecule has 0 unspecified atom stereocenters. The molecule has 0 aromatic heterocycles. The van der Waals surface area contributed by atoms with Crippen molar-refractivity contribution < 1.29 is 19.1 Å². The van der Waals surface area contributed by atoms with E-state index < -0.39 is 0 Å². The maximum absolute atomic E-state index is 12.5. The molecule has 2 amide bonds. The van der Waals surface area contributed by atoms with Crippen LogP contribution in [0.5, 0.6) is 11.5 Å². The Hall–Kier alpha value is -2.93. The van der Waals surface area contributed by atoms with Gasteiger partial charge in [0.25, 0.3) is 5.91 Å². The highest BCUT2D eigenvalue weighted by Crippen LogP contribution is 2.33. The number of methoxy groups -OCH3 is 2. The molecule has 0 heterocycles. The predicted octanol–water partition coefficient (Wildman–Crippen LogP) is 2.88. The number of carbonyl (C=O) groups is 2. The van der Waals surface area contributed by atoms with Crippen LogP contribution in [0.1, 0.15) is 10.4 Å². The number of para-hydroxylation sites is 1. The van der Waals surface area contributed by atoms with Gasteiger partial charge in [-0.2, -0.15) is 0 Å². The van der Waals surface area contributed by atoms with Crippen LogP contribution in [-0.4, -0.2) is 51.6 Å². The number of rotatable bonds is 7. The molecule has 0 saturated heterocycles. The molecule has 2 rings (SSSR count). The monoisotopic (exact) mass is 393 g/mol. The van der Waals surface area contributed by atoms with Crippen LogP contribution in [0.25, 0.3) is 0 Å². The van der Waals surface area contributed by atoms with Gasteiger partial charge in [-0.3, -0.25) is 9.59 Å². The number of carbonyl (C=O) groups excluding carboxylic acids is 2. The van der Waals surface area contributed by atoms with Gasteiger partial charge >= 0.3 is 0 Å². The highest BCUT2D eigenvalue weighted by Gasteiger charge is 2.19. The quantitative estimate of drug-likeness (QED) is 0.756. The summed E-state index contributed by atoms with van der Waals surface area (Å²) in [5.41, 5.74) is 1.52. The van der Waals surface area contributed by atoms with Crippen molar-refractivity contribution in [2.45, 2.75) is 0 Å². The van der Waals surface area contributed by atoms with Crippen LogP contribution in [-0.2, 0) is 4.79 Å². The molecule has 8 heteroatoms. The largest absolute Gasteiger partial charge is 0.493 e. The van der Waals surface area contributed by atoms with E-state index in [2.05, 4.69) is 10.6 Å². The summed E-state index contributed by atoms with van der Waals surface area (Å²) in [5.74, 6) is 0.304. The van der Waals surface area contributed by atoms with Crippen molar-refractivity contribution in [3.05, 3.63) is 48.0 Å². The molecule has 0 bridgehead atoms. The highest BCUT2D eigenvalue weighted by molar-refractivity contribution is 6.05. The summed E-state index contributed by atoms with van der Waals surface area (Å²) < 4.78 is 10.5. The molecule has 27 heavy (non-hydrogen) atoms. The molecule has 0 aliphatic heterocycles. The lowest BCUT2D eigenvalue weighted by Gasteiger charge is -2.18. The van der Waals surface area contributed by atoms with E-state index in [1.165, 1.54) is 19.1 Å². The molecular formula is C19H24ClN3O4. The third-order valence-corrected chi connectivity index (χ3v) is 3.66. The average Bonchev–Trinajstić information content (AvgIpc) is 2.66. The third kappa shape index (κ3) is 5.79. The first-order valence-electron chi connectivity index (χ1n) is 8.02. The van der Waals surface area contributed by atoms with Crippen molar-refractivity contribution in [2.24, 2.45) is 0 Å². The van der Waals surface area contributed by atoms with Crippen LogP contribution in [0.2, 0.25) is 0 Å². The maximum atomic E-state index is 12.5. The van der Waals surface area contributed by atoms with Crippen molar-refractivity contribution in [1.82, 2.24) is 4.90 Å². The van der Waals surface area contributed by atoms with Crippen LogP contribution in [0.3, 0.4) is 0 Å². The summed E-state index contributed by atoms with van der Waals surface area (Å²) in [4.78, 5) is 26.2. The standard InChI is InChI=1S/C19H23N3O4.ClH/c1-22(2)19(24)14-10-16(25-3)17(26-4)11-15(14)21-18(23)12-20-13-8-6-5-7-9-13;/h5-11,20H,12H2,1-4H3,(H,21,23);1H. The topological polar surface area (TPSA) is 79.9 Å². The lowest BCUT2D eigenvalue weighted by molar-refractivity contribution is -0.114. The van der Waals surface area contributed by atoms with E-state index in [1.807, 2.05) is 30.3 Å². The number of hydrogen-bond acceptors (Lipinski definition) is 5. The third-order valence-electron chi connectivity index (χ3n) is 3.66. The van der Waals surface area contributed by atoms with Crippen LogP contribution in [0.4, 0.5) is 11.4 Å². The first-order chi connectivity index (χ1) is 12.5. The molecule has 0 aliphatic rings. The normalized spacial score (nSPS) is 9.63. The van der Waals surface area contributed by atoms with Gasteiger partial charge in [-0.05, 0) is 18.2 Å². The second-order valence-corrected chi connectivity index (χ2v) is 5.72. The Morgan fingerprint density at radius 1 is 1.00 bits per heavy atom. The minimum absolute atomic E-state index is 0. The lowest BCUT2D eigenvalue weighted by atomic mass is 10.1. The second kappa shape index (κ2) is 10.3. The summed E-state index contributed by atoms with van der Waals surface area (Å²) in [7, 11) is 6.26. The molecule has 2 aromatic carbocycles. The molecule has 2 aromatic rings. The molecular weight excluding hydrogens is 370 g/mol. The Morgan fingerprint density at radius 3 is 2.15 bits per heavy atom. The van der Waals surface area contributed by atoms with Crippen molar-refractivity contribution in [1.29, 1.82) is 0 Å². The van der Waals surface area contributed by atoms with E-state index >= 15 is 0 Å². The van der Waals surface area contributed by atoms with E-state index in [0.717, 1.165) is 5.69 Å². The Morgan fingerprint density at radius 2 is 1.59 bits per heavy atom. The van der Waals surface area contributed by atoms with Gasteiger partial charge in [0, 0.05) is 25.8 Å². The zero-order valence-corrected chi connectivity index (χ0v) is 16.6.